The van der Waals surface area contributed by atoms with E-state index in [1.165, 1.54) is 11.3 Å². The van der Waals surface area contributed by atoms with E-state index in [0.29, 0.717) is 0 Å². The normalized spacial score (nSPS) is 14.6. The number of aromatic nitrogens is 3. The second-order valence-corrected chi connectivity index (χ2v) is 4.79. The standard InChI is InChI=1S/C12H14N4S/c1-2-9-8-5-13-4-3-10(8)16-12(15-9)11-6-17-7-14-11/h6-7,13H,2-5H2,1H3. The maximum Gasteiger partial charge on any atom is 0.179 e. The minimum atomic E-state index is 0.781. The Kier molecular flexibility index (Phi) is 2.86. The van der Waals surface area contributed by atoms with Gasteiger partial charge in [0.15, 0.2) is 5.82 Å². The van der Waals surface area contributed by atoms with E-state index in [0.717, 1.165) is 43.1 Å². The molecule has 0 saturated carbocycles. The molecule has 0 aliphatic carbocycles. The van der Waals surface area contributed by atoms with Crippen LogP contribution in [0.3, 0.4) is 0 Å². The fraction of sp³-hybridized carbons (Fsp3) is 0.417. The van der Waals surface area contributed by atoms with Gasteiger partial charge in [-0.05, 0) is 6.42 Å². The minimum absolute atomic E-state index is 0.781. The molecule has 88 valence electrons. The van der Waals surface area contributed by atoms with Crippen LogP contribution in [0.4, 0.5) is 0 Å². The molecule has 0 unspecified atom stereocenters. The van der Waals surface area contributed by atoms with E-state index >= 15 is 0 Å². The van der Waals surface area contributed by atoms with E-state index in [1.54, 1.807) is 11.3 Å². The molecule has 1 aliphatic heterocycles. The zero-order valence-corrected chi connectivity index (χ0v) is 10.5. The summed E-state index contributed by atoms with van der Waals surface area (Å²) >= 11 is 1.58. The van der Waals surface area contributed by atoms with Gasteiger partial charge in [-0.25, -0.2) is 15.0 Å². The van der Waals surface area contributed by atoms with Crippen LogP contribution in [0.15, 0.2) is 10.9 Å². The number of thiazole rings is 1. The lowest BCUT2D eigenvalue weighted by atomic mass is 10.0. The lowest BCUT2D eigenvalue weighted by molar-refractivity contribution is 0.618. The van der Waals surface area contributed by atoms with E-state index in [9.17, 15) is 0 Å². The molecule has 2 aromatic rings. The van der Waals surface area contributed by atoms with Crippen LogP contribution in [-0.4, -0.2) is 21.5 Å². The Morgan fingerprint density at radius 1 is 1.41 bits per heavy atom. The van der Waals surface area contributed by atoms with E-state index in [-0.39, 0.29) is 0 Å². The monoisotopic (exact) mass is 246 g/mol. The summed E-state index contributed by atoms with van der Waals surface area (Å²) in [5.74, 6) is 0.781. The highest BCUT2D eigenvalue weighted by atomic mass is 32.1. The van der Waals surface area contributed by atoms with Crippen molar-refractivity contribution in [2.45, 2.75) is 26.3 Å². The SMILES string of the molecule is CCc1nc(-c2cscn2)nc2c1CNCC2. The van der Waals surface area contributed by atoms with Gasteiger partial charge in [0.1, 0.15) is 5.69 Å². The number of aryl methyl sites for hydroxylation is 1. The van der Waals surface area contributed by atoms with E-state index in [2.05, 4.69) is 27.2 Å². The summed E-state index contributed by atoms with van der Waals surface area (Å²) in [5.41, 5.74) is 6.36. The highest BCUT2D eigenvalue weighted by Gasteiger charge is 2.17. The molecule has 1 aliphatic rings. The lowest BCUT2D eigenvalue weighted by Gasteiger charge is -2.19. The third-order valence-electron chi connectivity index (χ3n) is 3.02. The topological polar surface area (TPSA) is 50.7 Å². The summed E-state index contributed by atoms with van der Waals surface area (Å²) in [6, 6.07) is 0. The van der Waals surface area contributed by atoms with E-state index < -0.39 is 0 Å². The van der Waals surface area contributed by atoms with Crippen molar-refractivity contribution < 1.29 is 0 Å². The summed E-state index contributed by atoms with van der Waals surface area (Å²) in [7, 11) is 0. The summed E-state index contributed by atoms with van der Waals surface area (Å²) in [6.45, 7) is 4.04. The zero-order chi connectivity index (χ0) is 11.7. The van der Waals surface area contributed by atoms with Crippen molar-refractivity contribution in [2.24, 2.45) is 0 Å². The second-order valence-electron chi connectivity index (χ2n) is 4.07. The third-order valence-corrected chi connectivity index (χ3v) is 3.60. The first-order valence-corrected chi connectivity index (χ1v) is 6.80. The van der Waals surface area contributed by atoms with Crippen LogP contribution in [0.25, 0.3) is 11.5 Å². The van der Waals surface area contributed by atoms with Gasteiger partial charge in [0.2, 0.25) is 0 Å². The Balaban J connectivity index is 2.12. The van der Waals surface area contributed by atoms with Gasteiger partial charge >= 0.3 is 0 Å². The molecule has 0 amide bonds. The van der Waals surface area contributed by atoms with Crippen LogP contribution in [0.2, 0.25) is 0 Å². The van der Waals surface area contributed by atoms with Crippen LogP contribution in [-0.2, 0) is 19.4 Å². The molecule has 0 radical (unpaired) electrons. The van der Waals surface area contributed by atoms with Crippen LogP contribution in [0, 0.1) is 0 Å². The molecule has 2 aromatic heterocycles. The molecule has 17 heavy (non-hydrogen) atoms. The average molecular weight is 246 g/mol. The zero-order valence-electron chi connectivity index (χ0n) is 9.73. The van der Waals surface area contributed by atoms with Crippen molar-refractivity contribution >= 4 is 11.3 Å². The fourth-order valence-electron chi connectivity index (χ4n) is 2.14. The Morgan fingerprint density at radius 2 is 2.35 bits per heavy atom. The molecular formula is C12H14N4S. The quantitative estimate of drug-likeness (QED) is 0.878. The van der Waals surface area contributed by atoms with Gasteiger partial charge in [-0.15, -0.1) is 11.3 Å². The Bertz CT molecular complexity index is 504. The first-order chi connectivity index (χ1) is 8.38. The van der Waals surface area contributed by atoms with Gasteiger partial charge in [0.25, 0.3) is 0 Å². The molecule has 0 aromatic carbocycles. The molecule has 3 heterocycles. The Morgan fingerprint density at radius 3 is 3.12 bits per heavy atom. The number of nitrogens with zero attached hydrogens (tertiary/aromatic N) is 3. The number of hydrogen-bond donors (Lipinski definition) is 1. The van der Waals surface area contributed by atoms with Crippen molar-refractivity contribution in [3.8, 4) is 11.5 Å². The van der Waals surface area contributed by atoms with Gasteiger partial charge in [-0.1, -0.05) is 6.92 Å². The van der Waals surface area contributed by atoms with Crippen molar-refractivity contribution in [1.82, 2.24) is 20.3 Å². The third kappa shape index (κ3) is 1.96. The number of nitrogens with one attached hydrogen (secondary N) is 1. The molecule has 4 nitrogen and oxygen atoms in total. The van der Waals surface area contributed by atoms with E-state index in [4.69, 9.17) is 0 Å². The largest absolute Gasteiger partial charge is 0.312 e. The van der Waals surface area contributed by atoms with Gasteiger partial charge in [0, 0.05) is 36.1 Å². The minimum Gasteiger partial charge on any atom is -0.312 e. The lowest BCUT2D eigenvalue weighted by Crippen LogP contribution is -2.26. The maximum absolute atomic E-state index is 4.66. The predicted molar refractivity (Wildman–Crippen MR) is 67.9 cm³/mol. The highest BCUT2D eigenvalue weighted by molar-refractivity contribution is 7.07. The summed E-state index contributed by atoms with van der Waals surface area (Å²) in [6.07, 6.45) is 1.94. The van der Waals surface area contributed by atoms with Gasteiger partial charge in [-0.3, -0.25) is 0 Å². The predicted octanol–water partition coefficient (Wildman–Crippen LogP) is 1.81. The van der Waals surface area contributed by atoms with E-state index in [1.807, 2.05) is 10.9 Å². The van der Waals surface area contributed by atoms with Crippen molar-refractivity contribution in [1.29, 1.82) is 0 Å². The van der Waals surface area contributed by atoms with Gasteiger partial charge < -0.3 is 5.32 Å². The molecule has 5 heteroatoms. The number of rotatable bonds is 2. The van der Waals surface area contributed by atoms with Crippen LogP contribution < -0.4 is 5.32 Å². The first-order valence-electron chi connectivity index (χ1n) is 5.86. The molecule has 0 atom stereocenters. The van der Waals surface area contributed by atoms with Crippen LogP contribution in [0.1, 0.15) is 23.9 Å². The fourth-order valence-corrected chi connectivity index (χ4v) is 2.67. The summed E-state index contributed by atoms with van der Waals surface area (Å²) in [5, 5.41) is 5.38. The highest BCUT2D eigenvalue weighted by Crippen LogP contribution is 2.21. The Hall–Kier alpha value is -1.33. The molecule has 0 fully saturated rings. The Labute approximate surface area is 104 Å². The molecule has 0 bridgehead atoms. The second kappa shape index (κ2) is 4.50. The first kappa shape index (κ1) is 10.8. The smallest absolute Gasteiger partial charge is 0.179 e. The van der Waals surface area contributed by atoms with Crippen molar-refractivity contribution in [3.63, 3.8) is 0 Å². The molecular weight excluding hydrogens is 232 g/mol. The maximum atomic E-state index is 4.66. The summed E-state index contributed by atoms with van der Waals surface area (Å²) < 4.78 is 0. The molecule has 1 N–H and O–H groups in total. The molecule has 0 spiro atoms. The van der Waals surface area contributed by atoms with Gasteiger partial charge in [-0.2, -0.15) is 0 Å². The van der Waals surface area contributed by atoms with Crippen molar-refractivity contribution in [3.05, 3.63) is 27.8 Å². The van der Waals surface area contributed by atoms with Crippen LogP contribution in [0.5, 0.6) is 0 Å². The molecule has 3 rings (SSSR count). The number of fused-ring (bicyclic) bond motifs is 1. The van der Waals surface area contributed by atoms with Gasteiger partial charge in [0.05, 0.1) is 11.2 Å². The number of hydrogen-bond acceptors (Lipinski definition) is 5. The van der Waals surface area contributed by atoms with Crippen LogP contribution >= 0.6 is 11.3 Å². The van der Waals surface area contributed by atoms with Crippen molar-refractivity contribution in [2.75, 3.05) is 6.54 Å². The average Bonchev–Trinajstić information content (AvgIpc) is 2.91. The summed E-state index contributed by atoms with van der Waals surface area (Å²) in [4.78, 5) is 13.6. The molecule has 0 saturated heterocycles.